The van der Waals surface area contributed by atoms with Gasteiger partial charge in [0.1, 0.15) is 18.2 Å². The quantitative estimate of drug-likeness (QED) is 0.0554. The molecular formula is C37H41N5O7. The first kappa shape index (κ1) is 34.6. The molecule has 0 aliphatic rings. The summed E-state index contributed by atoms with van der Waals surface area (Å²) >= 11 is 0. The zero-order valence-corrected chi connectivity index (χ0v) is 27.8. The number of carbonyl (C=O) groups is 3. The number of fused-ring (bicyclic) bond motifs is 2. The lowest BCUT2D eigenvalue weighted by molar-refractivity contribution is -0.124. The van der Waals surface area contributed by atoms with E-state index in [4.69, 9.17) is 19.4 Å². The molecule has 0 spiro atoms. The van der Waals surface area contributed by atoms with Gasteiger partial charge >= 0.3 is 6.09 Å². The van der Waals surface area contributed by atoms with E-state index in [1.165, 1.54) is 19.3 Å². The second-order valence-corrected chi connectivity index (χ2v) is 12.6. The van der Waals surface area contributed by atoms with Crippen molar-refractivity contribution < 1.29 is 33.8 Å². The summed E-state index contributed by atoms with van der Waals surface area (Å²) in [5.74, 6) is -0.238. The lowest BCUT2D eigenvalue weighted by atomic mass is 10.0. The third-order valence-corrected chi connectivity index (χ3v) is 7.76. The molecule has 0 saturated heterocycles. The Labute approximate surface area is 283 Å². The van der Waals surface area contributed by atoms with Gasteiger partial charge in [-0.25, -0.2) is 10.3 Å². The summed E-state index contributed by atoms with van der Waals surface area (Å²) in [6.07, 6.45) is 6.39. The number of methoxy groups -OCH3 is 1. The Hall–Kier alpha value is -5.75. The van der Waals surface area contributed by atoms with Crippen LogP contribution in [0.2, 0.25) is 0 Å². The van der Waals surface area contributed by atoms with Gasteiger partial charge < -0.3 is 34.8 Å². The zero-order valence-electron chi connectivity index (χ0n) is 27.8. The Morgan fingerprint density at radius 1 is 0.857 bits per heavy atom. The van der Waals surface area contributed by atoms with Crippen LogP contribution in [0, 0.1) is 0 Å². The summed E-state index contributed by atoms with van der Waals surface area (Å²) < 4.78 is 17.3. The van der Waals surface area contributed by atoms with Crippen LogP contribution in [0.3, 0.4) is 0 Å². The van der Waals surface area contributed by atoms with Crippen LogP contribution < -0.4 is 25.6 Å². The summed E-state index contributed by atoms with van der Waals surface area (Å²) in [5, 5.41) is 16.7. The fourth-order valence-corrected chi connectivity index (χ4v) is 5.51. The number of rotatable bonds is 13. The molecule has 0 radical (unpaired) electrons. The maximum atomic E-state index is 14.1. The maximum Gasteiger partial charge on any atom is 0.408 e. The average molecular weight is 668 g/mol. The first-order valence-corrected chi connectivity index (χ1v) is 15.9. The lowest BCUT2D eigenvalue weighted by Crippen LogP contribution is -2.53. The summed E-state index contributed by atoms with van der Waals surface area (Å²) in [6, 6.07) is 19.3. The normalized spacial score (nSPS) is 12.8. The minimum atomic E-state index is -0.962. The van der Waals surface area contributed by atoms with Gasteiger partial charge in [0.25, 0.3) is 5.91 Å². The summed E-state index contributed by atoms with van der Waals surface area (Å²) in [6.45, 7) is 5.35. The van der Waals surface area contributed by atoms with Crippen molar-refractivity contribution in [2.45, 2.75) is 51.3 Å². The predicted octanol–water partition coefficient (Wildman–Crippen LogP) is 5.42. The topological polar surface area (TPSA) is 167 Å². The monoisotopic (exact) mass is 667 g/mol. The first-order valence-electron chi connectivity index (χ1n) is 15.9. The van der Waals surface area contributed by atoms with E-state index < -0.39 is 35.6 Å². The Balaban J connectivity index is 1.40. The molecule has 5 rings (SSSR count). The van der Waals surface area contributed by atoms with Gasteiger partial charge in [0.15, 0.2) is 11.5 Å². The van der Waals surface area contributed by atoms with E-state index >= 15 is 0 Å². The van der Waals surface area contributed by atoms with Gasteiger partial charge in [-0.15, -0.1) is 0 Å². The Morgan fingerprint density at radius 3 is 2.10 bits per heavy atom. The molecule has 0 aliphatic heterocycles. The van der Waals surface area contributed by atoms with Crippen LogP contribution in [0.25, 0.3) is 27.9 Å². The number of hydrogen-bond donors (Lipinski definition) is 6. The smallest absolute Gasteiger partial charge is 0.408 e. The van der Waals surface area contributed by atoms with Gasteiger partial charge in [0.2, 0.25) is 5.91 Å². The molecule has 0 unspecified atom stereocenters. The number of para-hydroxylation sites is 2. The van der Waals surface area contributed by atoms with Crippen molar-refractivity contribution in [1.29, 1.82) is 0 Å². The van der Waals surface area contributed by atoms with E-state index in [1.807, 2.05) is 60.9 Å². The van der Waals surface area contributed by atoms with Gasteiger partial charge in [-0.3, -0.25) is 14.8 Å². The molecule has 3 amide bonds. The maximum absolute atomic E-state index is 14.1. The van der Waals surface area contributed by atoms with Crippen molar-refractivity contribution in [2.24, 2.45) is 0 Å². The largest absolute Gasteiger partial charge is 0.493 e. The van der Waals surface area contributed by atoms with Crippen molar-refractivity contribution in [2.75, 3.05) is 13.7 Å². The molecule has 6 N–H and O–H groups in total. The second kappa shape index (κ2) is 15.4. The highest BCUT2D eigenvalue weighted by atomic mass is 16.6. The highest BCUT2D eigenvalue weighted by molar-refractivity contribution is 5.91. The van der Waals surface area contributed by atoms with E-state index in [-0.39, 0.29) is 13.0 Å². The van der Waals surface area contributed by atoms with E-state index in [0.717, 1.165) is 32.9 Å². The average Bonchev–Trinajstić information content (AvgIpc) is 3.69. The molecule has 0 saturated carbocycles. The van der Waals surface area contributed by atoms with Crippen LogP contribution >= 0.6 is 0 Å². The molecule has 2 aromatic heterocycles. The van der Waals surface area contributed by atoms with Gasteiger partial charge in [0, 0.05) is 46.7 Å². The Kier molecular flexibility index (Phi) is 10.9. The standard InChI is InChI=1S/C37H41N5O7/c1-37(2,3)49-36(45)41-31(19-25-21-39-30-12-8-6-10-28(25)30)35(44)40-26(18-24-20-38-29-11-7-5-9-27(24)29)22-48-32-15-13-23(17-33(32)47-4)14-16-34(43)42-46/h5-17,20-21,26,31,38-39,46H,18-19,22H2,1-4H3,(H,40,44)(H,41,45)(H,42,43)/b16-14+/t26-,31-/m0/s1. The Bertz CT molecular complexity index is 1960. The molecule has 256 valence electrons. The van der Waals surface area contributed by atoms with E-state index in [2.05, 4.69) is 20.6 Å². The zero-order chi connectivity index (χ0) is 35.0. The van der Waals surface area contributed by atoms with Crippen molar-refractivity contribution in [1.82, 2.24) is 26.1 Å². The number of amides is 3. The van der Waals surface area contributed by atoms with E-state index in [0.29, 0.717) is 23.5 Å². The number of aromatic amines is 2. The predicted molar refractivity (Wildman–Crippen MR) is 187 cm³/mol. The van der Waals surface area contributed by atoms with Gasteiger partial charge in [-0.05, 0) is 74.2 Å². The molecule has 2 heterocycles. The van der Waals surface area contributed by atoms with E-state index in [1.54, 1.807) is 44.5 Å². The number of hydroxylamine groups is 1. The summed E-state index contributed by atoms with van der Waals surface area (Å²) in [5.41, 5.74) is 5.17. The van der Waals surface area contributed by atoms with Gasteiger partial charge in [-0.1, -0.05) is 42.5 Å². The molecular weight excluding hydrogens is 626 g/mol. The molecule has 0 bridgehead atoms. The van der Waals surface area contributed by atoms with Crippen LogP contribution in [0.1, 0.15) is 37.5 Å². The fourth-order valence-electron chi connectivity index (χ4n) is 5.51. The SMILES string of the molecule is COc1cc(/C=C/C(=O)NO)ccc1OC[C@H](Cc1c[nH]c2ccccc12)NC(=O)[C@H](Cc1c[nH]c2ccccc12)NC(=O)OC(C)(C)C. The molecule has 2 atom stereocenters. The van der Waals surface area contributed by atoms with Crippen LogP contribution in [0.15, 0.2) is 85.2 Å². The number of ether oxygens (including phenoxy) is 3. The molecule has 12 heteroatoms. The Morgan fingerprint density at radius 2 is 1.49 bits per heavy atom. The summed E-state index contributed by atoms with van der Waals surface area (Å²) in [4.78, 5) is 45.0. The number of nitrogens with one attached hydrogen (secondary N) is 5. The highest BCUT2D eigenvalue weighted by Gasteiger charge is 2.28. The van der Waals surface area contributed by atoms with Crippen LogP contribution in [0.5, 0.6) is 11.5 Å². The van der Waals surface area contributed by atoms with Crippen molar-refractivity contribution in [3.05, 3.63) is 102 Å². The van der Waals surface area contributed by atoms with Crippen LogP contribution in [-0.2, 0) is 27.2 Å². The summed E-state index contributed by atoms with van der Waals surface area (Å²) in [7, 11) is 1.50. The van der Waals surface area contributed by atoms with Crippen LogP contribution in [0.4, 0.5) is 4.79 Å². The molecule has 0 aliphatic carbocycles. The number of hydrogen-bond acceptors (Lipinski definition) is 7. The number of carbonyl (C=O) groups excluding carboxylic acids is 3. The minimum Gasteiger partial charge on any atom is -0.493 e. The number of benzene rings is 3. The third-order valence-electron chi connectivity index (χ3n) is 7.76. The van der Waals surface area contributed by atoms with Gasteiger partial charge in [-0.2, -0.15) is 0 Å². The van der Waals surface area contributed by atoms with Crippen LogP contribution in [-0.4, -0.2) is 64.5 Å². The first-order chi connectivity index (χ1) is 23.5. The number of alkyl carbamates (subject to hydrolysis) is 1. The minimum absolute atomic E-state index is 0.0654. The van der Waals surface area contributed by atoms with Crippen molar-refractivity contribution in [3.8, 4) is 11.5 Å². The molecule has 5 aromatic rings. The highest BCUT2D eigenvalue weighted by Crippen LogP contribution is 2.29. The fraction of sp³-hybridized carbons (Fsp3) is 0.270. The number of aromatic nitrogens is 2. The van der Waals surface area contributed by atoms with Gasteiger partial charge in [0.05, 0.1) is 13.2 Å². The second-order valence-electron chi connectivity index (χ2n) is 12.6. The van der Waals surface area contributed by atoms with Crippen molar-refractivity contribution >= 4 is 45.8 Å². The molecule has 12 nitrogen and oxygen atoms in total. The number of H-pyrrole nitrogens is 2. The van der Waals surface area contributed by atoms with Crippen molar-refractivity contribution in [3.63, 3.8) is 0 Å². The molecule has 3 aromatic carbocycles. The van der Waals surface area contributed by atoms with E-state index in [9.17, 15) is 14.4 Å². The molecule has 49 heavy (non-hydrogen) atoms. The third kappa shape index (κ3) is 9.20. The lowest BCUT2D eigenvalue weighted by Gasteiger charge is -2.26. The molecule has 0 fully saturated rings.